The van der Waals surface area contributed by atoms with E-state index in [0.29, 0.717) is 0 Å². The smallest absolute Gasteiger partial charge is 0.0721 e. The van der Waals surface area contributed by atoms with Crippen molar-refractivity contribution in [3.8, 4) is 0 Å². The molecule has 0 radical (unpaired) electrons. The highest BCUT2D eigenvalue weighted by molar-refractivity contribution is 4.98. The second-order valence-electron chi connectivity index (χ2n) is 6.16. The first-order valence-corrected chi connectivity index (χ1v) is 7.94. The lowest BCUT2D eigenvalue weighted by Crippen LogP contribution is -2.44. The van der Waals surface area contributed by atoms with Gasteiger partial charge in [0.1, 0.15) is 0 Å². The average molecular weight is 286 g/mol. The van der Waals surface area contributed by atoms with E-state index in [1.54, 1.807) is 0 Å². The Morgan fingerprint density at radius 1 is 1.35 bits per heavy atom. The van der Waals surface area contributed by atoms with Crippen LogP contribution in [-0.4, -0.2) is 86.2 Å². The van der Waals surface area contributed by atoms with E-state index in [-0.39, 0.29) is 18.2 Å². The molecule has 2 aliphatic heterocycles. The van der Waals surface area contributed by atoms with Crippen LogP contribution in [0, 0.1) is 0 Å². The molecule has 2 fully saturated rings. The van der Waals surface area contributed by atoms with Gasteiger partial charge in [0.05, 0.1) is 32.5 Å². The van der Waals surface area contributed by atoms with Crippen LogP contribution in [-0.2, 0) is 9.47 Å². The van der Waals surface area contributed by atoms with Crippen LogP contribution in [0.2, 0.25) is 0 Å². The number of likely N-dealkylation sites (tertiary alicyclic amines) is 1. The van der Waals surface area contributed by atoms with Gasteiger partial charge in [-0.15, -0.1) is 0 Å². The third-order valence-electron chi connectivity index (χ3n) is 4.77. The zero-order valence-electron chi connectivity index (χ0n) is 13.0. The summed E-state index contributed by atoms with van der Waals surface area (Å²) in [6, 6.07) is 0. The van der Waals surface area contributed by atoms with Crippen molar-refractivity contribution in [3.05, 3.63) is 0 Å². The molecule has 0 aromatic rings. The molecule has 0 aromatic carbocycles. The molecule has 2 heterocycles. The lowest BCUT2D eigenvalue weighted by molar-refractivity contribution is 0.00365. The van der Waals surface area contributed by atoms with Gasteiger partial charge in [-0.25, -0.2) is 0 Å². The number of likely N-dealkylation sites (N-methyl/N-ethyl adjacent to an activating group) is 1. The van der Waals surface area contributed by atoms with E-state index in [2.05, 4.69) is 23.8 Å². The minimum absolute atomic E-state index is 0.0572. The predicted octanol–water partition coefficient (Wildman–Crippen LogP) is 0.571. The van der Waals surface area contributed by atoms with Gasteiger partial charge in [-0.05, 0) is 19.9 Å². The van der Waals surface area contributed by atoms with Crippen molar-refractivity contribution < 1.29 is 14.6 Å². The van der Waals surface area contributed by atoms with Gasteiger partial charge in [-0.2, -0.15) is 0 Å². The fraction of sp³-hybridized carbons (Fsp3) is 1.00. The monoisotopic (exact) mass is 286 g/mol. The number of ether oxygens (including phenoxy) is 2. The maximum Gasteiger partial charge on any atom is 0.0721 e. The first-order chi connectivity index (χ1) is 9.70. The van der Waals surface area contributed by atoms with Crippen LogP contribution in [0.3, 0.4) is 0 Å². The van der Waals surface area contributed by atoms with Crippen LogP contribution >= 0.6 is 0 Å². The molecule has 0 amide bonds. The molecule has 0 spiro atoms. The van der Waals surface area contributed by atoms with E-state index in [1.165, 1.54) is 0 Å². The van der Waals surface area contributed by atoms with Gasteiger partial charge in [0.2, 0.25) is 0 Å². The molecule has 2 unspecified atom stereocenters. The molecule has 5 nitrogen and oxygen atoms in total. The largest absolute Gasteiger partial charge is 0.394 e. The van der Waals surface area contributed by atoms with Crippen LogP contribution in [0.5, 0.6) is 0 Å². The molecule has 5 heteroatoms. The second-order valence-corrected chi connectivity index (χ2v) is 6.16. The van der Waals surface area contributed by atoms with Crippen molar-refractivity contribution in [1.29, 1.82) is 0 Å². The summed E-state index contributed by atoms with van der Waals surface area (Å²) in [5.41, 5.74) is -0.0572. The molecule has 0 saturated carbocycles. The lowest BCUT2D eigenvalue weighted by Gasteiger charge is -2.33. The minimum atomic E-state index is -0.0572. The molecule has 0 bridgehead atoms. The first-order valence-electron chi connectivity index (χ1n) is 7.94. The molecule has 2 saturated heterocycles. The number of nitrogens with zero attached hydrogens (tertiary/aromatic N) is 2. The van der Waals surface area contributed by atoms with E-state index in [4.69, 9.17) is 9.47 Å². The van der Waals surface area contributed by atoms with Gasteiger partial charge in [0, 0.05) is 31.7 Å². The SMILES string of the molecule is CCCC1(CO)CC(OCCN2CCOCC2)CN1C. The molecule has 118 valence electrons. The molecule has 2 atom stereocenters. The van der Waals surface area contributed by atoms with Crippen molar-refractivity contribution >= 4 is 0 Å². The van der Waals surface area contributed by atoms with E-state index in [9.17, 15) is 5.11 Å². The third-order valence-corrected chi connectivity index (χ3v) is 4.77. The van der Waals surface area contributed by atoms with Gasteiger partial charge in [0.25, 0.3) is 0 Å². The van der Waals surface area contributed by atoms with Crippen molar-refractivity contribution in [1.82, 2.24) is 9.80 Å². The van der Waals surface area contributed by atoms with Crippen LogP contribution in [0.1, 0.15) is 26.2 Å². The highest BCUT2D eigenvalue weighted by atomic mass is 16.5. The average Bonchev–Trinajstić information content (AvgIpc) is 2.77. The number of rotatable bonds is 7. The summed E-state index contributed by atoms with van der Waals surface area (Å²) in [4.78, 5) is 4.68. The predicted molar refractivity (Wildman–Crippen MR) is 79.0 cm³/mol. The highest BCUT2D eigenvalue weighted by Crippen LogP contribution is 2.33. The Kier molecular flexibility index (Phi) is 6.23. The Balaban J connectivity index is 1.71. The van der Waals surface area contributed by atoms with Crippen LogP contribution in [0.4, 0.5) is 0 Å². The van der Waals surface area contributed by atoms with Gasteiger partial charge >= 0.3 is 0 Å². The van der Waals surface area contributed by atoms with Gasteiger partial charge in [0.15, 0.2) is 0 Å². The number of aliphatic hydroxyl groups excluding tert-OH is 1. The number of hydrogen-bond donors (Lipinski definition) is 1. The first kappa shape index (κ1) is 16.2. The Hall–Kier alpha value is -0.200. The molecule has 0 aliphatic carbocycles. The Morgan fingerprint density at radius 3 is 2.75 bits per heavy atom. The molecule has 20 heavy (non-hydrogen) atoms. The van der Waals surface area contributed by atoms with Crippen molar-refractivity contribution in [3.63, 3.8) is 0 Å². The van der Waals surface area contributed by atoms with Crippen LogP contribution in [0.15, 0.2) is 0 Å². The number of hydrogen-bond acceptors (Lipinski definition) is 5. The summed E-state index contributed by atoms with van der Waals surface area (Å²) in [5, 5.41) is 9.75. The van der Waals surface area contributed by atoms with E-state index in [0.717, 1.165) is 65.3 Å². The standard InChI is InChI=1S/C15H30N2O3/c1-3-4-15(13-18)11-14(12-16(15)2)20-10-7-17-5-8-19-9-6-17/h14,18H,3-13H2,1-2H3. The lowest BCUT2D eigenvalue weighted by atomic mass is 9.91. The topological polar surface area (TPSA) is 45.2 Å². The van der Waals surface area contributed by atoms with Gasteiger partial charge in [-0.1, -0.05) is 13.3 Å². The Bertz CT molecular complexity index is 284. The maximum absolute atomic E-state index is 9.75. The van der Waals surface area contributed by atoms with Gasteiger partial charge in [-0.3, -0.25) is 9.80 Å². The third kappa shape index (κ3) is 3.92. The van der Waals surface area contributed by atoms with Crippen molar-refractivity contribution in [2.24, 2.45) is 0 Å². The summed E-state index contributed by atoms with van der Waals surface area (Å²) in [6.07, 6.45) is 3.37. The summed E-state index contributed by atoms with van der Waals surface area (Å²) < 4.78 is 11.4. The molecule has 2 aliphatic rings. The molecule has 0 aromatic heterocycles. The van der Waals surface area contributed by atoms with Crippen LogP contribution in [0.25, 0.3) is 0 Å². The summed E-state index contributed by atoms with van der Waals surface area (Å²) >= 11 is 0. The fourth-order valence-electron chi connectivity index (χ4n) is 3.45. The van der Waals surface area contributed by atoms with Crippen LogP contribution < -0.4 is 0 Å². The van der Waals surface area contributed by atoms with E-state index >= 15 is 0 Å². The zero-order valence-corrected chi connectivity index (χ0v) is 13.0. The summed E-state index contributed by atoms with van der Waals surface area (Å²) in [6.45, 7) is 8.85. The molecule has 1 N–H and O–H groups in total. The van der Waals surface area contributed by atoms with E-state index < -0.39 is 0 Å². The maximum atomic E-state index is 9.75. The molecule has 2 rings (SSSR count). The number of morpholine rings is 1. The number of aliphatic hydroxyl groups is 1. The normalized spacial score (nSPS) is 32.9. The minimum Gasteiger partial charge on any atom is -0.394 e. The molecular formula is C15H30N2O3. The highest BCUT2D eigenvalue weighted by Gasteiger charge is 2.42. The Morgan fingerprint density at radius 2 is 2.10 bits per heavy atom. The summed E-state index contributed by atoms with van der Waals surface area (Å²) in [7, 11) is 2.11. The second kappa shape index (κ2) is 7.71. The van der Waals surface area contributed by atoms with E-state index in [1.807, 2.05) is 0 Å². The molecular weight excluding hydrogens is 256 g/mol. The van der Waals surface area contributed by atoms with Crippen molar-refractivity contribution in [2.75, 3.05) is 59.7 Å². The Labute approximate surface area is 122 Å². The van der Waals surface area contributed by atoms with Crippen molar-refractivity contribution in [2.45, 2.75) is 37.8 Å². The van der Waals surface area contributed by atoms with Gasteiger partial charge < -0.3 is 14.6 Å². The quantitative estimate of drug-likeness (QED) is 0.741. The fourth-order valence-corrected chi connectivity index (χ4v) is 3.45. The summed E-state index contributed by atoms with van der Waals surface area (Å²) in [5.74, 6) is 0. The zero-order chi connectivity index (χ0) is 14.4.